The number of thiazole rings is 1. The number of nitrogens with two attached hydrogens (primary N) is 1. The maximum atomic E-state index is 12.7. The third-order valence-electron chi connectivity index (χ3n) is 6.12. The van der Waals surface area contributed by atoms with Gasteiger partial charge in [0.1, 0.15) is 5.01 Å². The van der Waals surface area contributed by atoms with E-state index < -0.39 is 0 Å². The Morgan fingerprint density at radius 3 is 2.56 bits per heavy atom. The Kier molecular flexibility index (Phi) is 6.56. The SMILES string of the molecule is Cc1nc(-c2ccccc2)sc1CNC(=O)C1CC2CCCC(C1)C2N.Cl. The molecule has 1 aromatic heterocycles. The first-order valence-corrected chi connectivity index (χ1v) is 10.5. The number of hydrogen-bond acceptors (Lipinski definition) is 4. The van der Waals surface area contributed by atoms with Gasteiger partial charge in [-0.1, -0.05) is 36.8 Å². The summed E-state index contributed by atoms with van der Waals surface area (Å²) in [5.41, 5.74) is 8.49. The van der Waals surface area contributed by atoms with E-state index in [0.29, 0.717) is 24.4 Å². The zero-order valence-electron chi connectivity index (χ0n) is 15.7. The molecule has 1 heterocycles. The monoisotopic (exact) mass is 405 g/mol. The molecular weight excluding hydrogens is 378 g/mol. The normalized spacial score (nSPS) is 26.9. The molecule has 27 heavy (non-hydrogen) atoms. The van der Waals surface area contributed by atoms with Gasteiger partial charge < -0.3 is 11.1 Å². The van der Waals surface area contributed by atoms with E-state index in [-0.39, 0.29) is 24.2 Å². The van der Waals surface area contributed by atoms with Crippen molar-refractivity contribution in [2.75, 3.05) is 0 Å². The lowest BCUT2D eigenvalue weighted by Gasteiger charge is -2.43. The number of benzene rings is 1. The molecule has 2 aliphatic rings. The van der Waals surface area contributed by atoms with Gasteiger partial charge in [-0.2, -0.15) is 0 Å². The van der Waals surface area contributed by atoms with E-state index in [1.807, 2.05) is 25.1 Å². The molecular formula is C21H28ClN3OS. The highest BCUT2D eigenvalue weighted by molar-refractivity contribution is 7.15. The van der Waals surface area contributed by atoms with Crippen LogP contribution in [0.4, 0.5) is 0 Å². The number of hydrogen-bond donors (Lipinski definition) is 2. The van der Waals surface area contributed by atoms with Crippen LogP contribution in [-0.2, 0) is 11.3 Å². The number of fused-ring (bicyclic) bond motifs is 2. The van der Waals surface area contributed by atoms with Crippen LogP contribution in [0.25, 0.3) is 10.6 Å². The summed E-state index contributed by atoms with van der Waals surface area (Å²) in [6.45, 7) is 2.60. The lowest BCUT2D eigenvalue weighted by Crippen LogP contribution is -2.49. The van der Waals surface area contributed by atoms with Crippen LogP contribution in [0.2, 0.25) is 0 Å². The number of amides is 1. The van der Waals surface area contributed by atoms with Crippen molar-refractivity contribution in [1.82, 2.24) is 10.3 Å². The van der Waals surface area contributed by atoms with Crippen LogP contribution < -0.4 is 11.1 Å². The van der Waals surface area contributed by atoms with E-state index in [1.165, 1.54) is 19.3 Å². The topological polar surface area (TPSA) is 68.0 Å². The number of aromatic nitrogens is 1. The second-order valence-electron chi connectivity index (χ2n) is 7.81. The third kappa shape index (κ3) is 4.36. The molecule has 2 bridgehead atoms. The van der Waals surface area contributed by atoms with Crippen molar-refractivity contribution in [2.24, 2.45) is 23.5 Å². The highest BCUT2D eigenvalue weighted by atomic mass is 35.5. The van der Waals surface area contributed by atoms with E-state index >= 15 is 0 Å². The minimum absolute atomic E-state index is 0. The van der Waals surface area contributed by atoms with E-state index in [2.05, 4.69) is 22.4 Å². The van der Waals surface area contributed by atoms with Crippen LogP contribution in [-0.4, -0.2) is 16.9 Å². The maximum absolute atomic E-state index is 12.7. The predicted octanol–water partition coefficient (Wildman–Crippen LogP) is 4.31. The van der Waals surface area contributed by atoms with Crippen molar-refractivity contribution in [3.05, 3.63) is 40.9 Å². The van der Waals surface area contributed by atoms with Gasteiger partial charge in [-0.15, -0.1) is 23.7 Å². The molecule has 4 rings (SSSR count). The minimum atomic E-state index is 0. The quantitative estimate of drug-likeness (QED) is 0.796. The molecule has 3 N–H and O–H groups in total. The first-order chi connectivity index (χ1) is 12.6. The van der Waals surface area contributed by atoms with Crippen LogP contribution in [0.15, 0.2) is 30.3 Å². The first kappa shape index (κ1) is 20.3. The molecule has 2 unspecified atom stereocenters. The Labute approximate surface area is 171 Å². The molecule has 0 spiro atoms. The van der Waals surface area contributed by atoms with Gasteiger partial charge >= 0.3 is 0 Å². The molecule has 2 saturated carbocycles. The highest BCUT2D eigenvalue weighted by Crippen LogP contribution is 2.42. The predicted molar refractivity (Wildman–Crippen MR) is 113 cm³/mol. The summed E-state index contributed by atoms with van der Waals surface area (Å²) in [4.78, 5) is 18.6. The van der Waals surface area contributed by atoms with Crippen molar-refractivity contribution in [1.29, 1.82) is 0 Å². The zero-order valence-corrected chi connectivity index (χ0v) is 17.3. The Morgan fingerprint density at radius 2 is 1.89 bits per heavy atom. The van der Waals surface area contributed by atoms with Gasteiger partial charge in [0.15, 0.2) is 0 Å². The Balaban J connectivity index is 0.00000210. The minimum Gasteiger partial charge on any atom is -0.351 e. The summed E-state index contributed by atoms with van der Waals surface area (Å²) in [6.07, 6.45) is 5.58. The smallest absolute Gasteiger partial charge is 0.223 e. The number of aryl methyl sites for hydroxylation is 1. The third-order valence-corrected chi connectivity index (χ3v) is 7.33. The van der Waals surface area contributed by atoms with Gasteiger partial charge in [-0.3, -0.25) is 4.79 Å². The Morgan fingerprint density at radius 1 is 1.22 bits per heavy atom. The van der Waals surface area contributed by atoms with Gasteiger partial charge in [0.25, 0.3) is 0 Å². The summed E-state index contributed by atoms with van der Waals surface area (Å²) in [7, 11) is 0. The standard InChI is InChI=1S/C21H27N3OS.ClH/c1-13-18(26-21(24-13)14-6-3-2-4-7-14)12-23-20(25)17-10-15-8-5-9-16(11-17)19(15)22;/h2-4,6-7,15-17,19H,5,8-12,22H2,1H3,(H,23,25);1H. The molecule has 6 heteroatoms. The molecule has 0 saturated heterocycles. The number of carbonyl (C=O) groups is 1. The lowest BCUT2D eigenvalue weighted by atomic mass is 9.65. The summed E-state index contributed by atoms with van der Waals surface area (Å²) >= 11 is 1.67. The fourth-order valence-corrected chi connectivity index (χ4v) is 5.62. The Hall–Kier alpha value is -1.43. The van der Waals surface area contributed by atoms with E-state index in [1.54, 1.807) is 11.3 Å². The zero-order chi connectivity index (χ0) is 18.1. The largest absolute Gasteiger partial charge is 0.351 e. The molecule has 2 atom stereocenters. The van der Waals surface area contributed by atoms with Crippen molar-refractivity contribution >= 4 is 29.7 Å². The molecule has 146 valence electrons. The van der Waals surface area contributed by atoms with E-state index in [9.17, 15) is 4.79 Å². The van der Waals surface area contributed by atoms with Crippen LogP contribution in [0.5, 0.6) is 0 Å². The summed E-state index contributed by atoms with van der Waals surface area (Å²) < 4.78 is 0. The molecule has 0 aliphatic heterocycles. The molecule has 2 fully saturated rings. The van der Waals surface area contributed by atoms with Gasteiger partial charge in [-0.25, -0.2) is 4.98 Å². The molecule has 0 radical (unpaired) electrons. The molecule has 4 nitrogen and oxygen atoms in total. The number of halogens is 1. The van der Waals surface area contributed by atoms with Gasteiger partial charge in [0, 0.05) is 22.4 Å². The number of nitrogens with one attached hydrogen (secondary N) is 1. The van der Waals surface area contributed by atoms with Crippen LogP contribution in [0.1, 0.15) is 42.7 Å². The molecule has 1 amide bonds. The van der Waals surface area contributed by atoms with Crippen molar-refractivity contribution < 1.29 is 4.79 Å². The van der Waals surface area contributed by atoms with Crippen LogP contribution in [0.3, 0.4) is 0 Å². The second kappa shape index (κ2) is 8.72. The summed E-state index contributed by atoms with van der Waals surface area (Å²) in [5, 5.41) is 4.19. The van der Waals surface area contributed by atoms with Gasteiger partial charge in [0.2, 0.25) is 5.91 Å². The van der Waals surface area contributed by atoms with Gasteiger partial charge in [0.05, 0.1) is 12.2 Å². The van der Waals surface area contributed by atoms with Crippen LogP contribution >= 0.6 is 23.7 Å². The second-order valence-corrected chi connectivity index (χ2v) is 8.89. The van der Waals surface area contributed by atoms with Gasteiger partial charge in [-0.05, 0) is 44.4 Å². The molecule has 2 aromatic rings. The fourth-order valence-electron chi connectivity index (χ4n) is 4.61. The first-order valence-electron chi connectivity index (χ1n) is 9.67. The lowest BCUT2D eigenvalue weighted by molar-refractivity contribution is -0.128. The van der Waals surface area contributed by atoms with E-state index in [4.69, 9.17) is 5.73 Å². The Bertz CT molecular complexity index is 765. The van der Waals surface area contributed by atoms with Crippen molar-refractivity contribution in [3.8, 4) is 10.6 Å². The highest BCUT2D eigenvalue weighted by Gasteiger charge is 2.40. The van der Waals surface area contributed by atoms with Crippen molar-refractivity contribution in [2.45, 2.75) is 51.6 Å². The average molecular weight is 406 g/mol. The number of rotatable bonds is 4. The average Bonchev–Trinajstić information content (AvgIpc) is 3.01. The van der Waals surface area contributed by atoms with E-state index in [0.717, 1.165) is 34.0 Å². The number of carbonyl (C=O) groups excluding carboxylic acids is 1. The number of nitrogens with zero attached hydrogens (tertiary/aromatic N) is 1. The maximum Gasteiger partial charge on any atom is 0.223 e. The fraction of sp³-hybridized carbons (Fsp3) is 0.524. The summed E-state index contributed by atoms with van der Waals surface area (Å²) in [5.74, 6) is 1.40. The van der Waals surface area contributed by atoms with Crippen LogP contribution in [0, 0.1) is 24.7 Å². The summed E-state index contributed by atoms with van der Waals surface area (Å²) in [6, 6.07) is 10.5. The van der Waals surface area contributed by atoms with Crippen molar-refractivity contribution in [3.63, 3.8) is 0 Å². The molecule has 2 aliphatic carbocycles. The molecule has 1 aromatic carbocycles.